The van der Waals surface area contributed by atoms with Crippen molar-refractivity contribution >= 4 is 0 Å². The zero-order valence-electron chi connectivity index (χ0n) is 3.91. The highest BCUT2D eigenvalue weighted by Crippen LogP contribution is 1.98. The van der Waals surface area contributed by atoms with Crippen molar-refractivity contribution in [3.05, 3.63) is 35.9 Å². The Labute approximate surface area is 45.8 Å². The molecular formula is C6H2F2. The fourth-order valence-corrected chi connectivity index (χ4v) is 0.348. The van der Waals surface area contributed by atoms with Crippen LogP contribution in [0.15, 0.2) is 12.1 Å². The highest BCUT2D eigenvalue weighted by Gasteiger charge is 1.93. The first-order chi connectivity index (χ1) is 3.80. The van der Waals surface area contributed by atoms with Gasteiger partial charge in [-0.2, -0.15) is 0 Å². The predicted octanol–water partition coefficient (Wildman–Crippen LogP) is 1.57. The van der Waals surface area contributed by atoms with E-state index >= 15 is 0 Å². The van der Waals surface area contributed by atoms with Crippen LogP contribution in [0, 0.1) is 23.8 Å². The van der Waals surface area contributed by atoms with Crippen LogP contribution >= 0.6 is 0 Å². The maximum absolute atomic E-state index is 11.9. The summed E-state index contributed by atoms with van der Waals surface area (Å²) >= 11 is 0. The first-order valence-corrected chi connectivity index (χ1v) is 2.03. The zero-order valence-corrected chi connectivity index (χ0v) is 3.91. The second-order valence-corrected chi connectivity index (χ2v) is 1.27. The van der Waals surface area contributed by atoms with Gasteiger partial charge in [0.1, 0.15) is 0 Å². The van der Waals surface area contributed by atoms with Crippen molar-refractivity contribution in [3.8, 4) is 0 Å². The van der Waals surface area contributed by atoms with Gasteiger partial charge in [0.2, 0.25) is 0 Å². The summed E-state index contributed by atoms with van der Waals surface area (Å²) in [6.45, 7) is 0. The topological polar surface area (TPSA) is 0 Å². The Kier molecular flexibility index (Phi) is 1.13. The van der Waals surface area contributed by atoms with Crippen molar-refractivity contribution in [1.29, 1.82) is 0 Å². The summed E-state index contributed by atoms with van der Waals surface area (Å²) in [6, 6.07) is 6.32. The summed E-state index contributed by atoms with van der Waals surface area (Å²) < 4.78 is 23.8. The van der Waals surface area contributed by atoms with Crippen LogP contribution in [0.5, 0.6) is 0 Å². The monoisotopic (exact) mass is 112 g/mol. The average molecular weight is 112 g/mol. The van der Waals surface area contributed by atoms with E-state index in [1.165, 1.54) is 0 Å². The number of rotatable bonds is 0. The first kappa shape index (κ1) is 5.04. The van der Waals surface area contributed by atoms with Gasteiger partial charge in [-0.05, 0) is 0 Å². The van der Waals surface area contributed by atoms with Gasteiger partial charge >= 0.3 is 0 Å². The Balaban J connectivity index is 3.13. The fourth-order valence-electron chi connectivity index (χ4n) is 0.348. The van der Waals surface area contributed by atoms with Gasteiger partial charge in [0.15, 0.2) is 11.6 Å². The minimum absolute atomic E-state index is 0.885. The molecule has 2 heteroatoms. The van der Waals surface area contributed by atoms with E-state index < -0.39 is 11.6 Å². The third-order valence-electron chi connectivity index (χ3n) is 0.709. The zero-order chi connectivity index (χ0) is 5.98. The smallest absolute Gasteiger partial charge is 0.167 e. The Morgan fingerprint density at radius 1 is 1.00 bits per heavy atom. The van der Waals surface area contributed by atoms with Crippen LogP contribution in [0.1, 0.15) is 0 Å². The molecule has 40 valence electrons. The Morgan fingerprint density at radius 2 is 1.38 bits per heavy atom. The van der Waals surface area contributed by atoms with E-state index in [4.69, 9.17) is 0 Å². The van der Waals surface area contributed by atoms with Crippen molar-refractivity contribution in [3.63, 3.8) is 0 Å². The minimum atomic E-state index is -0.885. The summed E-state index contributed by atoms with van der Waals surface area (Å²) in [5.41, 5.74) is 0. The average Bonchev–Trinajstić information content (AvgIpc) is 1.77. The van der Waals surface area contributed by atoms with Crippen molar-refractivity contribution in [2.24, 2.45) is 0 Å². The Morgan fingerprint density at radius 3 is 1.62 bits per heavy atom. The molecule has 0 nitrogen and oxygen atoms in total. The van der Waals surface area contributed by atoms with E-state index in [1.807, 2.05) is 0 Å². The summed E-state index contributed by atoms with van der Waals surface area (Å²) in [7, 11) is 0. The second kappa shape index (κ2) is 1.79. The summed E-state index contributed by atoms with van der Waals surface area (Å²) in [4.78, 5) is 0. The molecule has 0 atom stereocenters. The molecule has 0 saturated carbocycles. The molecule has 0 aliphatic rings. The van der Waals surface area contributed by atoms with Crippen LogP contribution in [0.3, 0.4) is 0 Å². The van der Waals surface area contributed by atoms with Crippen molar-refractivity contribution in [2.45, 2.75) is 0 Å². The molecule has 1 aromatic rings. The summed E-state index contributed by atoms with van der Waals surface area (Å²) in [5, 5.41) is 0. The molecule has 0 aromatic heterocycles. The van der Waals surface area contributed by atoms with Crippen LogP contribution in [0.25, 0.3) is 0 Å². The molecule has 0 radical (unpaired) electrons. The molecular weight excluding hydrogens is 110 g/mol. The quantitative estimate of drug-likeness (QED) is 0.477. The molecule has 0 N–H and O–H groups in total. The van der Waals surface area contributed by atoms with Crippen molar-refractivity contribution < 1.29 is 8.78 Å². The van der Waals surface area contributed by atoms with E-state index in [9.17, 15) is 8.78 Å². The lowest BCUT2D eigenvalue weighted by Gasteiger charge is -1.80. The van der Waals surface area contributed by atoms with Crippen LogP contribution < -0.4 is 0 Å². The van der Waals surface area contributed by atoms with Gasteiger partial charge in [-0.1, -0.05) is 12.1 Å². The van der Waals surface area contributed by atoms with Gasteiger partial charge in [0, 0.05) is 12.1 Å². The van der Waals surface area contributed by atoms with Gasteiger partial charge in [-0.25, -0.2) is 8.78 Å². The highest BCUT2D eigenvalue weighted by atomic mass is 19.2. The summed E-state index contributed by atoms with van der Waals surface area (Å²) in [5.74, 6) is -1.77. The lowest BCUT2D eigenvalue weighted by Crippen LogP contribution is -1.76. The standard InChI is InChI=1S/C6H2F2/c7-5-3-1-2-4-6(5)8/h3-4H. The highest BCUT2D eigenvalue weighted by molar-refractivity contribution is 4.98. The van der Waals surface area contributed by atoms with Crippen LogP contribution in [0.2, 0.25) is 0 Å². The number of halogens is 2. The first-order valence-electron chi connectivity index (χ1n) is 2.03. The molecule has 0 heterocycles. The summed E-state index contributed by atoms with van der Waals surface area (Å²) in [6.07, 6.45) is 0. The van der Waals surface area contributed by atoms with E-state index in [0.717, 1.165) is 12.1 Å². The van der Waals surface area contributed by atoms with E-state index in [0.29, 0.717) is 0 Å². The van der Waals surface area contributed by atoms with Crippen LogP contribution in [-0.2, 0) is 0 Å². The van der Waals surface area contributed by atoms with Gasteiger partial charge in [0.25, 0.3) is 0 Å². The Hall–Kier alpha value is -1.10. The lowest BCUT2D eigenvalue weighted by molar-refractivity contribution is 0.509. The molecule has 0 unspecified atom stereocenters. The van der Waals surface area contributed by atoms with Gasteiger partial charge < -0.3 is 0 Å². The molecule has 0 aliphatic carbocycles. The third kappa shape index (κ3) is 0.760. The largest absolute Gasteiger partial charge is 0.203 e. The number of hydrogen-bond acceptors (Lipinski definition) is 0. The second-order valence-electron chi connectivity index (χ2n) is 1.27. The van der Waals surface area contributed by atoms with Gasteiger partial charge in [0.05, 0.1) is 0 Å². The van der Waals surface area contributed by atoms with Crippen molar-refractivity contribution in [2.75, 3.05) is 0 Å². The molecule has 0 fully saturated rings. The van der Waals surface area contributed by atoms with E-state index in [-0.39, 0.29) is 0 Å². The Bertz CT molecular complexity index is 163. The van der Waals surface area contributed by atoms with Crippen LogP contribution in [0.4, 0.5) is 8.78 Å². The molecule has 0 spiro atoms. The number of hydrogen-bond donors (Lipinski definition) is 0. The molecule has 8 heavy (non-hydrogen) atoms. The predicted molar refractivity (Wildman–Crippen MR) is 24.0 cm³/mol. The van der Waals surface area contributed by atoms with Gasteiger partial charge in [-0.3, -0.25) is 0 Å². The van der Waals surface area contributed by atoms with Crippen LogP contribution in [-0.4, -0.2) is 0 Å². The third-order valence-corrected chi connectivity index (χ3v) is 0.709. The molecule has 1 rings (SSSR count). The molecule has 1 aromatic carbocycles. The van der Waals surface area contributed by atoms with Gasteiger partial charge in [-0.15, -0.1) is 0 Å². The maximum atomic E-state index is 11.9. The van der Waals surface area contributed by atoms with Crippen molar-refractivity contribution in [1.82, 2.24) is 0 Å². The molecule has 0 aliphatic heterocycles. The lowest BCUT2D eigenvalue weighted by atomic mass is 10.4. The normalized spacial score (nSPS) is 8.25. The molecule has 0 amide bonds. The minimum Gasteiger partial charge on any atom is -0.203 e. The van der Waals surface area contributed by atoms with E-state index in [1.54, 1.807) is 0 Å². The maximum Gasteiger partial charge on any atom is 0.167 e. The van der Waals surface area contributed by atoms with E-state index in [2.05, 4.69) is 12.1 Å². The fraction of sp³-hybridized carbons (Fsp3) is 0. The SMILES string of the molecule is Fc1cc#ccc1F. The molecule has 0 bridgehead atoms. The molecule has 0 saturated heterocycles.